The largest absolute Gasteiger partial charge is 0.383 e. The number of pyridine rings is 1. The Labute approximate surface area is 157 Å². The second kappa shape index (κ2) is 8.75. The summed E-state index contributed by atoms with van der Waals surface area (Å²) in [7, 11) is 3.22. The topological polar surface area (TPSA) is 77.7 Å². The van der Waals surface area contributed by atoms with Gasteiger partial charge in [-0.3, -0.25) is 4.79 Å². The Morgan fingerprint density at radius 3 is 2.41 bits per heavy atom. The molecule has 0 fully saturated rings. The van der Waals surface area contributed by atoms with Crippen LogP contribution in [0.2, 0.25) is 0 Å². The van der Waals surface area contributed by atoms with Gasteiger partial charge >= 0.3 is 0 Å². The van der Waals surface area contributed by atoms with Gasteiger partial charge in [0.2, 0.25) is 0 Å². The molecule has 0 saturated heterocycles. The number of ether oxygens (including phenoxy) is 2. The van der Waals surface area contributed by atoms with E-state index in [0.717, 1.165) is 5.56 Å². The zero-order chi connectivity index (χ0) is 19.2. The number of aromatic nitrogens is 2. The van der Waals surface area contributed by atoms with Gasteiger partial charge in [0.15, 0.2) is 0 Å². The number of amides is 1. The van der Waals surface area contributed by atoms with E-state index in [1.54, 1.807) is 32.1 Å². The standard InChI is InChI=1S/C20H23N3O4/c1-14-18-16(20(24)23(9-11-25-2)10-12-26-3)13-17(21-19(18)27-22-14)15-7-5-4-6-8-15/h4-8,13H,9-12H2,1-3H3. The van der Waals surface area contributed by atoms with Crippen molar-refractivity contribution in [2.45, 2.75) is 6.92 Å². The molecule has 0 radical (unpaired) electrons. The maximum Gasteiger partial charge on any atom is 0.259 e. The van der Waals surface area contributed by atoms with E-state index in [1.165, 1.54) is 0 Å². The van der Waals surface area contributed by atoms with Gasteiger partial charge in [-0.2, -0.15) is 0 Å². The number of hydrogen-bond acceptors (Lipinski definition) is 6. The number of nitrogens with zero attached hydrogens (tertiary/aromatic N) is 3. The lowest BCUT2D eigenvalue weighted by molar-refractivity contribution is 0.0629. The monoisotopic (exact) mass is 369 g/mol. The molecule has 3 rings (SSSR count). The first-order valence-electron chi connectivity index (χ1n) is 8.75. The van der Waals surface area contributed by atoms with Gasteiger partial charge in [-0.15, -0.1) is 0 Å². The van der Waals surface area contributed by atoms with Crippen LogP contribution in [0.5, 0.6) is 0 Å². The SMILES string of the molecule is COCCN(CCOC)C(=O)c1cc(-c2ccccc2)nc2onc(C)c12. The first kappa shape index (κ1) is 19.0. The van der Waals surface area contributed by atoms with Gasteiger partial charge in [0.25, 0.3) is 11.6 Å². The maximum absolute atomic E-state index is 13.3. The van der Waals surface area contributed by atoms with Crippen molar-refractivity contribution in [1.82, 2.24) is 15.0 Å². The molecular weight excluding hydrogens is 346 g/mol. The second-order valence-electron chi connectivity index (χ2n) is 6.15. The molecule has 142 valence electrons. The average molecular weight is 369 g/mol. The van der Waals surface area contributed by atoms with Crippen LogP contribution in [0, 0.1) is 6.92 Å². The fourth-order valence-electron chi connectivity index (χ4n) is 2.91. The average Bonchev–Trinajstić information content (AvgIpc) is 3.08. The van der Waals surface area contributed by atoms with Crippen molar-refractivity contribution >= 4 is 17.0 Å². The Bertz CT molecular complexity index is 900. The predicted octanol–water partition coefficient (Wildman–Crippen LogP) is 2.93. The van der Waals surface area contributed by atoms with Gasteiger partial charge in [0.05, 0.1) is 35.6 Å². The highest BCUT2D eigenvalue weighted by molar-refractivity contribution is 6.07. The fraction of sp³-hybridized carbons (Fsp3) is 0.350. The zero-order valence-corrected chi connectivity index (χ0v) is 15.8. The third kappa shape index (κ3) is 4.15. The lowest BCUT2D eigenvalue weighted by Gasteiger charge is -2.22. The number of aryl methyl sites for hydroxylation is 1. The van der Waals surface area contributed by atoms with Crippen molar-refractivity contribution in [2.75, 3.05) is 40.5 Å². The van der Waals surface area contributed by atoms with E-state index in [2.05, 4.69) is 10.1 Å². The zero-order valence-electron chi connectivity index (χ0n) is 15.8. The minimum absolute atomic E-state index is 0.125. The Kier molecular flexibility index (Phi) is 6.16. The molecule has 0 spiro atoms. The molecular formula is C20H23N3O4. The van der Waals surface area contributed by atoms with E-state index >= 15 is 0 Å². The molecule has 2 heterocycles. The molecule has 0 atom stereocenters. The van der Waals surface area contributed by atoms with Crippen LogP contribution in [0.25, 0.3) is 22.4 Å². The smallest absolute Gasteiger partial charge is 0.259 e. The van der Waals surface area contributed by atoms with Crippen LogP contribution < -0.4 is 0 Å². The van der Waals surface area contributed by atoms with Crippen molar-refractivity contribution in [3.63, 3.8) is 0 Å². The summed E-state index contributed by atoms with van der Waals surface area (Å²) in [5.74, 6) is -0.125. The third-order valence-electron chi connectivity index (χ3n) is 4.33. The number of carbonyl (C=O) groups is 1. The van der Waals surface area contributed by atoms with Crippen LogP contribution in [-0.4, -0.2) is 61.5 Å². The van der Waals surface area contributed by atoms with E-state index in [9.17, 15) is 4.79 Å². The summed E-state index contributed by atoms with van der Waals surface area (Å²) in [6, 6.07) is 11.5. The Hall–Kier alpha value is -2.77. The molecule has 7 nitrogen and oxygen atoms in total. The summed E-state index contributed by atoms with van der Waals surface area (Å²) in [6.07, 6.45) is 0. The summed E-state index contributed by atoms with van der Waals surface area (Å²) in [6.45, 7) is 3.62. The predicted molar refractivity (Wildman–Crippen MR) is 102 cm³/mol. The normalized spacial score (nSPS) is 11.1. The molecule has 2 aromatic heterocycles. The van der Waals surface area contributed by atoms with E-state index in [0.29, 0.717) is 54.4 Å². The van der Waals surface area contributed by atoms with Crippen LogP contribution in [0.1, 0.15) is 16.1 Å². The molecule has 0 bridgehead atoms. The number of rotatable bonds is 8. The summed E-state index contributed by atoms with van der Waals surface area (Å²) in [4.78, 5) is 19.6. The molecule has 0 unspecified atom stereocenters. The van der Waals surface area contributed by atoms with Gasteiger partial charge in [-0.25, -0.2) is 4.98 Å². The Morgan fingerprint density at radius 1 is 1.11 bits per heavy atom. The van der Waals surface area contributed by atoms with Crippen LogP contribution in [0.3, 0.4) is 0 Å². The highest BCUT2D eigenvalue weighted by atomic mass is 16.5. The second-order valence-corrected chi connectivity index (χ2v) is 6.15. The fourth-order valence-corrected chi connectivity index (χ4v) is 2.91. The molecule has 3 aromatic rings. The molecule has 7 heteroatoms. The first-order valence-corrected chi connectivity index (χ1v) is 8.75. The lowest BCUT2D eigenvalue weighted by atomic mass is 10.0. The summed E-state index contributed by atoms with van der Waals surface area (Å²) >= 11 is 0. The summed E-state index contributed by atoms with van der Waals surface area (Å²) in [5.41, 5.74) is 3.09. The number of methoxy groups -OCH3 is 2. The molecule has 0 aliphatic heterocycles. The van der Waals surface area contributed by atoms with Crippen molar-refractivity contribution < 1.29 is 18.8 Å². The van der Waals surface area contributed by atoms with Crippen LogP contribution in [0.15, 0.2) is 40.9 Å². The first-order chi connectivity index (χ1) is 13.2. The third-order valence-corrected chi connectivity index (χ3v) is 4.33. The minimum Gasteiger partial charge on any atom is -0.383 e. The van der Waals surface area contributed by atoms with Crippen molar-refractivity contribution in [3.05, 3.63) is 47.7 Å². The van der Waals surface area contributed by atoms with Gasteiger partial charge in [-0.05, 0) is 13.0 Å². The highest BCUT2D eigenvalue weighted by Gasteiger charge is 2.23. The minimum atomic E-state index is -0.125. The molecule has 1 aromatic carbocycles. The Morgan fingerprint density at radius 2 is 1.78 bits per heavy atom. The summed E-state index contributed by atoms with van der Waals surface area (Å²) < 4.78 is 15.7. The summed E-state index contributed by atoms with van der Waals surface area (Å²) in [5, 5.41) is 4.64. The van der Waals surface area contributed by atoms with Gasteiger partial charge in [0.1, 0.15) is 0 Å². The van der Waals surface area contributed by atoms with Gasteiger partial charge in [-0.1, -0.05) is 35.5 Å². The van der Waals surface area contributed by atoms with Gasteiger partial charge < -0.3 is 18.9 Å². The molecule has 0 aliphatic rings. The van der Waals surface area contributed by atoms with Crippen LogP contribution >= 0.6 is 0 Å². The molecule has 1 amide bonds. The molecule has 0 N–H and O–H groups in total. The van der Waals surface area contributed by atoms with E-state index < -0.39 is 0 Å². The van der Waals surface area contributed by atoms with Gasteiger partial charge in [0, 0.05) is 32.9 Å². The number of carbonyl (C=O) groups excluding carboxylic acids is 1. The van der Waals surface area contributed by atoms with E-state index in [1.807, 2.05) is 30.3 Å². The van der Waals surface area contributed by atoms with E-state index in [4.69, 9.17) is 14.0 Å². The van der Waals surface area contributed by atoms with E-state index in [-0.39, 0.29) is 5.91 Å². The van der Waals surface area contributed by atoms with Crippen LogP contribution in [-0.2, 0) is 9.47 Å². The van der Waals surface area contributed by atoms with Crippen LogP contribution in [0.4, 0.5) is 0 Å². The molecule has 27 heavy (non-hydrogen) atoms. The van der Waals surface area contributed by atoms with Crippen molar-refractivity contribution in [1.29, 1.82) is 0 Å². The van der Waals surface area contributed by atoms with Crippen molar-refractivity contribution in [2.24, 2.45) is 0 Å². The van der Waals surface area contributed by atoms with Crippen molar-refractivity contribution in [3.8, 4) is 11.3 Å². The number of benzene rings is 1. The highest BCUT2D eigenvalue weighted by Crippen LogP contribution is 2.27. The molecule has 0 saturated carbocycles. The maximum atomic E-state index is 13.3. The Balaban J connectivity index is 2.07. The number of fused-ring (bicyclic) bond motifs is 1. The lowest BCUT2D eigenvalue weighted by Crippen LogP contribution is -2.36. The quantitative estimate of drug-likeness (QED) is 0.608. The number of hydrogen-bond donors (Lipinski definition) is 0. The molecule has 0 aliphatic carbocycles.